The largest absolute Gasteiger partial charge is 0.454 e. The van der Waals surface area contributed by atoms with E-state index >= 15 is 0 Å². The number of hydrogen-bond acceptors (Lipinski definition) is 5. The van der Waals surface area contributed by atoms with Crippen LogP contribution in [-0.4, -0.2) is 35.9 Å². The van der Waals surface area contributed by atoms with E-state index < -0.39 is 0 Å². The van der Waals surface area contributed by atoms with Crippen molar-refractivity contribution in [3.63, 3.8) is 0 Å². The number of carbonyl (C=O) groups excluding carboxylic acids is 1. The summed E-state index contributed by atoms with van der Waals surface area (Å²) in [6, 6.07) is 5.26. The summed E-state index contributed by atoms with van der Waals surface area (Å²) in [6.07, 6.45) is 0. The van der Waals surface area contributed by atoms with Crippen LogP contribution in [0.5, 0.6) is 11.5 Å². The number of carbonyl (C=O) groups is 1. The maximum Gasteiger partial charge on any atom is 0.234 e. The van der Waals surface area contributed by atoms with E-state index in [1.807, 2.05) is 0 Å². The van der Waals surface area contributed by atoms with Crippen LogP contribution in [0.3, 0.4) is 0 Å². The van der Waals surface area contributed by atoms with Crippen LogP contribution in [0.1, 0.15) is 0 Å². The Morgan fingerprint density at radius 1 is 1.41 bits per heavy atom. The van der Waals surface area contributed by atoms with Gasteiger partial charge >= 0.3 is 0 Å². The van der Waals surface area contributed by atoms with E-state index in [4.69, 9.17) is 14.6 Å². The Balaban J connectivity index is 1.88. The monoisotopic (exact) mass is 255 g/mol. The Morgan fingerprint density at radius 3 is 3.06 bits per heavy atom. The number of aliphatic hydroxyl groups excluding tert-OH is 1. The molecule has 1 amide bonds. The lowest BCUT2D eigenvalue weighted by atomic mass is 10.3. The van der Waals surface area contributed by atoms with Gasteiger partial charge in [-0.15, -0.1) is 11.8 Å². The standard InChI is InChI=1S/C11H13NO4S/c13-3-4-17-6-11(14)12-8-1-2-9-10(5-8)16-7-15-9/h1-2,5,13H,3-4,6-7H2,(H,12,14). The second-order valence-electron chi connectivity index (χ2n) is 3.39. The van der Waals surface area contributed by atoms with Gasteiger partial charge in [-0.25, -0.2) is 0 Å². The van der Waals surface area contributed by atoms with Gasteiger partial charge in [0.05, 0.1) is 12.4 Å². The molecular weight excluding hydrogens is 242 g/mol. The zero-order valence-corrected chi connectivity index (χ0v) is 9.96. The summed E-state index contributed by atoms with van der Waals surface area (Å²) in [6.45, 7) is 0.307. The van der Waals surface area contributed by atoms with Crippen molar-refractivity contribution in [1.29, 1.82) is 0 Å². The van der Waals surface area contributed by atoms with Crippen molar-refractivity contribution in [1.82, 2.24) is 0 Å². The van der Waals surface area contributed by atoms with Gasteiger partial charge in [-0.2, -0.15) is 0 Å². The molecule has 0 spiro atoms. The van der Waals surface area contributed by atoms with Gasteiger partial charge in [0.1, 0.15) is 0 Å². The van der Waals surface area contributed by atoms with E-state index in [2.05, 4.69) is 5.32 Å². The lowest BCUT2D eigenvalue weighted by Gasteiger charge is -2.05. The Morgan fingerprint density at radius 2 is 2.24 bits per heavy atom. The minimum absolute atomic E-state index is 0.0853. The summed E-state index contributed by atoms with van der Waals surface area (Å²) in [4.78, 5) is 11.5. The third-order valence-electron chi connectivity index (χ3n) is 2.13. The number of fused-ring (bicyclic) bond motifs is 1. The third kappa shape index (κ3) is 3.28. The number of benzene rings is 1. The number of nitrogens with one attached hydrogen (secondary N) is 1. The Bertz CT molecular complexity index is 410. The number of amides is 1. The highest BCUT2D eigenvalue weighted by Crippen LogP contribution is 2.34. The molecule has 6 heteroatoms. The Hall–Kier alpha value is -1.40. The molecule has 0 saturated heterocycles. The van der Waals surface area contributed by atoms with E-state index in [1.165, 1.54) is 11.8 Å². The quantitative estimate of drug-likeness (QED) is 0.771. The van der Waals surface area contributed by atoms with E-state index in [0.29, 0.717) is 28.7 Å². The summed E-state index contributed by atoms with van der Waals surface area (Å²) in [7, 11) is 0. The van der Waals surface area contributed by atoms with E-state index in [1.54, 1.807) is 18.2 Å². The fourth-order valence-electron chi connectivity index (χ4n) is 1.40. The molecule has 1 aromatic rings. The van der Waals surface area contributed by atoms with Crippen LogP contribution in [0.2, 0.25) is 0 Å². The molecule has 0 radical (unpaired) electrons. The summed E-state index contributed by atoms with van der Waals surface area (Å²) < 4.78 is 10.4. The molecule has 0 saturated carbocycles. The smallest absolute Gasteiger partial charge is 0.234 e. The molecule has 1 aliphatic rings. The van der Waals surface area contributed by atoms with Gasteiger partial charge in [-0.05, 0) is 12.1 Å². The number of hydrogen-bond donors (Lipinski definition) is 2. The van der Waals surface area contributed by atoms with Gasteiger partial charge in [-0.3, -0.25) is 4.79 Å². The molecule has 1 aromatic carbocycles. The predicted octanol–water partition coefficient (Wildman–Crippen LogP) is 1.08. The second kappa shape index (κ2) is 5.79. The molecule has 1 heterocycles. The highest BCUT2D eigenvalue weighted by Gasteiger charge is 2.13. The van der Waals surface area contributed by atoms with Crippen molar-refractivity contribution in [2.45, 2.75) is 0 Å². The van der Waals surface area contributed by atoms with Crippen molar-refractivity contribution in [2.24, 2.45) is 0 Å². The lowest BCUT2D eigenvalue weighted by molar-refractivity contribution is -0.113. The first-order chi connectivity index (χ1) is 8.29. The molecule has 5 nitrogen and oxygen atoms in total. The molecule has 0 bridgehead atoms. The summed E-state index contributed by atoms with van der Waals surface area (Å²) in [5.41, 5.74) is 0.684. The average molecular weight is 255 g/mol. The molecule has 0 atom stereocenters. The van der Waals surface area contributed by atoms with E-state index in [-0.39, 0.29) is 19.3 Å². The summed E-state index contributed by atoms with van der Waals surface area (Å²) in [5.74, 6) is 2.13. The van der Waals surface area contributed by atoms with Crippen molar-refractivity contribution in [3.05, 3.63) is 18.2 Å². The molecule has 0 fully saturated rings. The topological polar surface area (TPSA) is 67.8 Å². The molecule has 0 aromatic heterocycles. The van der Waals surface area contributed by atoms with Gasteiger partial charge < -0.3 is 19.9 Å². The fourth-order valence-corrected chi connectivity index (χ4v) is 1.93. The van der Waals surface area contributed by atoms with Gasteiger partial charge in [0.2, 0.25) is 12.7 Å². The van der Waals surface area contributed by atoms with Gasteiger partial charge in [0.15, 0.2) is 11.5 Å². The molecule has 0 unspecified atom stereocenters. The Labute approximate surface area is 103 Å². The van der Waals surface area contributed by atoms with Crippen molar-refractivity contribution in [2.75, 3.05) is 30.2 Å². The maximum atomic E-state index is 11.5. The van der Waals surface area contributed by atoms with Crippen LogP contribution < -0.4 is 14.8 Å². The molecule has 92 valence electrons. The molecule has 1 aliphatic heterocycles. The van der Waals surface area contributed by atoms with Crippen molar-refractivity contribution >= 4 is 23.4 Å². The highest BCUT2D eigenvalue weighted by atomic mass is 32.2. The van der Waals surface area contributed by atoms with Crippen LogP contribution in [0.4, 0.5) is 5.69 Å². The van der Waals surface area contributed by atoms with E-state index in [9.17, 15) is 4.79 Å². The molecule has 2 N–H and O–H groups in total. The first-order valence-corrected chi connectivity index (χ1v) is 6.33. The van der Waals surface area contributed by atoms with Crippen LogP contribution in [0, 0.1) is 0 Å². The number of rotatable bonds is 5. The number of ether oxygens (including phenoxy) is 2. The van der Waals surface area contributed by atoms with Crippen molar-refractivity contribution in [3.8, 4) is 11.5 Å². The van der Waals surface area contributed by atoms with Gasteiger partial charge in [-0.1, -0.05) is 0 Å². The maximum absolute atomic E-state index is 11.5. The molecule has 0 aliphatic carbocycles. The molecule has 17 heavy (non-hydrogen) atoms. The fraction of sp³-hybridized carbons (Fsp3) is 0.364. The molecular formula is C11H13NO4S. The minimum Gasteiger partial charge on any atom is -0.454 e. The lowest BCUT2D eigenvalue weighted by Crippen LogP contribution is -2.14. The van der Waals surface area contributed by atoms with Crippen LogP contribution in [-0.2, 0) is 4.79 Å². The number of anilines is 1. The average Bonchev–Trinajstić information content (AvgIpc) is 2.76. The second-order valence-corrected chi connectivity index (χ2v) is 4.50. The van der Waals surface area contributed by atoms with Gasteiger partial charge in [0, 0.05) is 17.5 Å². The van der Waals surface area contributed by atoms with E-state index in [0.717, 1.165) is 0 Å². The SMILES string of the molecule is O=C(CSCCO)Nc1ccc2c(c1)OCO2. The Kier molecular flexibility index (Phi) is 4.11. The van der Waals surface area contributed by atoms with Crippen LogP contribution >= 0.6 is 11.8 Å². The third-order valence-corrected chi connectivity index (χ3v) is 3.06. The molecule has 2 rings (SSSR count). The van der Waals surface area contributed by atoms with Crippen molar-refractivity contribution < 1.29 is 19.4 Å². The number of thioether (sulfide) groups is 1. The highest BCUT2D eigenvalue weighted by molar-refractivity contribution is 7.99. The number of aliphatic hydroxyl groups is 1. The normalized spacial score (nSPS) is 12.5. The predicted molar refractivity (Wildman–Crippen MR) is 65.6 cm³/mol. The summed E-state index contributed by atoms with van der Waals surface area (Å²) >= 11 is 1.39. The zero-order chi connectivity index (χ0) is 12.1. The van der Waals surface area contributed by atoms with Gasteiger partial charge in [0.25, 0.3) is 0 Å². The first kappa shape index (κ1) is 12.1. The zero-order valence-electron chi connectivity index (χ0n) is 9.14. The first-order valence-electron chi connectivity index (χ1n) is 5.17. The summed E-state index contributed by atoms with van der Waals surface area (Å²) in [5, 5.41) is 11.3. The van der Waals surface area contributed by atoms with Crippen LogP contribution in [0.25, 0.3) is 0 Å². The van der Waals surface area contributed by atoms with Crippen LogP contribution in [0.15, 0.2) is 18.2 Å². The minimum atomic E-state index is -0.0951.